The highest BCUT2D eigenvalue weighted by Gasteiger charge is 2.55. The van der Waals surface area contributed by atoms with Crippen molar-refractivity contribution in [3.05, 3.63) is 63.7 Å². The van der Waals surface area contributed by atoms with Crippen molar-refractivity contribution in [3.63, 3.8) is 0 Å². The van der Waals surface area contributed by atoms with Crippen molar-refractivity contribution in [2.24, 2.45) is 0 Å². The Morgan fingerprint density at radius 1 is 1.14 bits per heavy atom. The number of hydrogen-bond donors (Lipinski definition) is 2. The van der Waals surface area contributed by atoms with E-state index in [-0.39, 0.29) is 11.5 Å². The molecule has 1 amide bonds. The molecule has 0 saturated carbocycles. The third kappa shape index (κ3) is 4.40. The average Bonchev–Trinajstić information content (AvgIpc) is 2.70. The predicted molar refractivity (Wildman–Crippen MR) is 94.9 cm³/mol. The fourth-order valence-corrected chi connectivity index (χ4v) is 2.58. The van der Waals surface area contributed by atoms with Gasteiger partial charge >= 0.3 is 6.18 Å². The molecule has 0 bridgehead atoms. The lowest BCUT2D eigenvalue weighted by atomic mass is 9.93. The van der Waals surface area contributed by atoms with Crippen LogP contribution >= 0.6 is 0 Å². The Kier molecular flexibility index (Phi) is 6.32. The fourth-order valence-electron chi connectivity index (χ4n) is 2.58. The summed E-state index contributed by atoms with van der Waals surface area (Å²) in [6.07, 6.45) is -5.12. The number of nitro benzene ring substituents is 1. The van der Waals surface area contributed by atoms with Gasteiger partial charge < -0.3 is 19.9 Å². The normalized spacial score (nSPS) is 13.3. The zero-order chi connectivity index (χ0) is 21.8. The van der Waals surface area contributed by atoms with Crippen LogP contribution in [0.5, 0.6) is 11.5 Å². The van der Waals surface area contributed by atoms with Crippen molar-refractivity contribution < 1.29 is 37.5 Å². The summed E-state index contributed by atoms with van der Waals surface area (Å²) in [5.41, 5.74) is -5.13. The standard InChI is InChI=1S/C18H17F3N2O6/c1-28-14-8-12(13(23(26)27)9-15(14)29-2)16(24)22-10-17(25,18(19,20)21)11-6-4-3-5-7-11/h3-9,25H,10H2,1-2H3,(H,22,24). The fraction of sp³-hybridized carbons (Fsp3) is 0.278. The topological polar surface area (TPSA) is 111 Å². The summed E-state index contributed by atoms with van der Waals surface area (Å²) in [7, 11) is 2.45. The first-order valence-corrected chi connectivity index (χ1v) is 8.08. The molecule has 2 aromatic carbocycles. The largest absolute Gasteiger partial charge is 0.493 e. The molecule has 2 N–H and O–H groups in total. The number of halogens is 3. The Balaban J connectivity index is 2.39. The summed E-state index contributed by atoms with van der Waals surface area (Å²) in [4.78, 5) is 22.8. The summed E-state index contributed by atoms with van der Waals surface area (Å²) >= 11 is 0. The number of hydrogen-bond acceptors (Lipinski definition) is 6. The Morgan fingerprint density at radius 3 is 2.17 bits per heavy atom. The third-order valence-electron chi connectivity index (χ3n) is 4.17. The molecule has 0 aliphatic carbocycles. The smallest absolute Gasteiger partial charge is 0.423 e. The monoisotopic (exact) mass is 414 g/mol. The lowest BCUT2D eigenvalue weighted by Crippen LogP contribution is -2.51. The Bertz CT molecular complexity index is 904. The highest BCUT2D eigenvalue weighted by Crippen LogP contribution is 2.39. The molecule has 8 nitrogen and oxygen atoms in total. The second kappa shape index (κ2) is 8.35. The molecule has 0 aliphatic heterocycles. The Morgan fingerprint density at radius 2 is 1.69 bits per heavy atom. The molecule has 1 unspecified atom stereocenters. The first-order chi connectivity index (χ1) is 13.5. The lowest BCUT2D eigenvalue weighted by molar-refractivity contribution is -0.385. The first-order valence-electron chi connectivity index (χ1n) is 8.08. The minimum absolute atomic E-state index is 0.0302. The SMILES string of the molecule is COc1cc(C(=O)NCC(O)(c2ccccc2)C(F)(F)F)c([N+](=O)[O-])cc1OC. The van der Waals surface area contributed by atoms with Crippen molar-refractivity contribution in [2.75, 3.05) is 20.8 Å². The molecular formula is C18H17F3N2O6. The number of rotatable bonds is 7. The van der Waals surface area contributed by atoms with Crippen LogP contribution in [-0.4, -0.2) is 42.9 Å². The second-order valence-corrected chi connectivity index (χ2v) is 5.89. The van der Waals surface area contributed by atoms with Crippen LogP contribution in [0.3, 0.4) is 0 Å². The van der Waals surface area contributed by atoms with Crippen LogP contribution in [0.4, 0.5) is 18.9 Å². The van der Waals surface area contributed by atoms with Gasteiger partial charge in [-0.05, 0) is 5.56 Å². The molecule has 2 rings (SSSR count). The number of benzene rings is 2. The van der Waals surface area contributed by atoms with Crippen molar-refractivity contribution in [3.8, 4) is 11.5 Å². The van der Waals surface area contributed by atoms with Crippen molar-refractivity contribution in [2.45, 2.75) is 11.8 Å². The molecule has 0 radical (unpaired) electrons. The number of amides is 1. The first kappa shape index (κ1) is 22.0. The molecule has 0 aromatic heterocycles. The summed E-state index contributed by atoms with van der Waals surface area (Å²) in [6, 6.07) is 8.06. The van der Waals surface area contributed by atoms with E-state index >= 15 is 0 Å². The number of methoxy groups -OCH3 is 2. The zero-order valence-electron chi connectivity index (χ0n) is 15.3. The van der Waals surface area contributed by atoms with Crippen molar-refractivity contribution in [1.29, 1.82) is 0 Å². The molecule has 0 heterocycles. The van der Waals surface area contributed by atoms with Gasteiger partial charge in [0.1, 0.15) is 5.56 Å². The number of ether oxygens (including phenoxy) is 2. The number of alkyl halides is 3. The minimum atomic E-state index is -5.12. The number of aliphatic hydroxyl groups is 1. The van der Waals surface area contributed by atoms with Crippen molar-refractivity contribution >= 4 is 11.6 Å². The molecule has 2 aromatic rings. The molecule has 1 atom stereocenters. The Labute approximate surface area is 163 Å². The van der Waals surface area contributed by atoms with Gasteiger partial charge in [0.25, 0.3) is 11.6 Å². The van der Waals surface area contributed by atoms with Gasteiger partial charge in [-0.15, -0.1) is 0 Å². The highest BCUT2D eigenvalue weighted by molar-refractivity contribution is 5.99. The van der Waals surface area contributed by atoms with E-state index in [9.17, 15) is 33.2 Å². The van der Waals surface area contributed by atoms with Crippen LogP contribution in [0.15, 0.2) is 42.5 Å². The predicted octanol–water partition coefficient (Wildman–Crippen LogP) is 2.79. The number of carbonyl (C=O) groups is 1. The summed E-state index contributed by atoms with van der Waals surface area (Å²) in [5, 5.41) is 23.5. The van der Waals surface area contributed by atoms with Gasteiger partial charge in [0.2, 0.25) is 5.60 Å². The summed E-state index contributed by atoms with van der Waals surface area (Å²) < 4.78 is 50.5. The van der Waals surface area contributed by atoms with Gasteiger partial charge in [-0.3, -0.25) is 14.9 Å². The van der Waals surface area contributed by atoms with Crippen molar-refractivity contribution in [1.82, 2.24) is 5.32 Å². The van der Waals surface area contributed by atoms with Gasteiger partial charge in [-0.25, -0.2) is 0 Å². The molecule has 29 heavy (non-hydrogen) atoms. The van der Waals surface area contributed by atoms with Crippen LogP contribution in [0.2, 0.25) is 0 Å². The number of carbonyl (C=O) groups excluding carboxylic acids is 1. The van der Waals surface area contributed by atoms with Gasteiger partial charge in [-0.2, -0.15) is 13.2 Å². The van der Waals surface area contributed by atoms with Crippen LogP contribution in [0.1, 0.15) is 15.9 Å². The maximum atomic E-state index is 13.5. The number of nitrogens with zero attached hydrogens (tertiary/aromatic N) is 1. The van der Waals surface area contributed by atoms with Gasteiger partial charge in [-0.1, -0.05) is 30.3 Å². The molecular weight excluding hydrogens is 397 g/mol. The van der Waals surface area contributed by atoms with Crippen LogP contribution < -0.4 is 14.8 Å². The molecule has 0 saturated heterocycles. The molecule has 156 valence electrons. The van der Waals surface area contributed by atoms with Gasteiger partial charge in [0, 0.05) is 6.07 Å². The zero-order valence-corrected chi connectivity index (χ0v) is 15.3. The highest BCUT2D eigenvalue weighted by atomic mass is 19.4. The maximum absolute atomic E-state index is 13.5. The second-order valence-electron chi connectivity index (χ2n) is 5.89. The Hall–Kier alpha value is -3.34. The molecule has 11 heteroatoms. The van der Waals surface area contributed by atoms with Crippen LogP contribution in [-0.2, 0) is 5.60 Å². The molecule has 0 fully saturated rings. The van der Waals surface area contributed by atoms with E-state index in [1.165, 1.54) is 32.4 Å². The van der Waals surface area contributed by atoms with E-state index in [1.54, 1.807) is 0 Å². The van der Waals surface area contributed by atoms with E-state index in [4.69, 9.17) is 9.47 Å². The lowest BCUT2D eigenvalue weighted by Gasteiger charge is -2.31. The number of nitro groups is 1. The number of nitrogens with one attached hydrogen (secondary N) is 1. The van der Waals surface area contributed by atoms with Crippen LogP contribution in [0, 0.1) is 10.1 Å². The van der Waals surface area contributed by atoms with E-state index in [2.05, 4.69) is 0 Å². The average molecular weight is 414 g/mol. The maximum Gasteiger partial charge on any atom is 0.423 e. The third-order valence-corrected chi connectivity index (χ3v) is 4.17. The van der Waals surface area contributed by atoms with Crippen LogP contribution in [0.25, 0.3) is 0 Å². The van der Waals surface area contributed by atoms with E-state index in [1.807, 2.05) is 5.32 Å². The molecule has 0 spiro atoms. The van der Waals surface area contributed by atoms with Gasteiger partial charge in [0.15, 0.2) is 11.5 Å². The summed E-state index contributed by atoms with van der Waals surface area (Å²) in [6.45, 7) is -1.26. The van der Waals surface area contributed by atoms with E-state index in [0.29, 0.717) is 0 Å². The van der Waals surface area contributed by atoms with E-state index in [0.717, 1.165) is 24.3 Å². The molecule has 0 aliphatic rings. The van der Waals surface area contributed by atoms with Gasteiger partial charge in [0.05, 0.1) is 31.8 Å². The minimum Gasteiger partial charge on any atom is -0.493 e. The quantitative estimate of drug-likeness (QED) is 0.533. The summed E-state index contributed by atoms with van der Waals surface area (Å²) in [5.74, 6) is -1.26. The van der Waals surface area contributed by atoms with E-state index < -0.39 is 46.0 Å².